The maximum atomic E-state index is 12.9. The van der Waals surface area contributed by atoms with Gasteiger partial charge in [-0.3, -0.25) is 0 Å². The van der Waals surface area contributed by atoms with Gasteiger partial charge in [0.05, 0.1) is 10.5 Å². The Hall–Kier alpha value is -2.36. The number of nitriles is 1. The van der Waals surface area contributed by atoms with Gasteiger partial charge in [0.1, 0.15) is 6.07 Å². The summed E-state index contributed by atoms with van der Waals surface area (Å²) in [6.45, 7) is 6.24. The molecule has 0 N–H and O–H groups in total. The molecule has 0 spiro atoms. The number of benzene rings is 2. The van der Waals surface area contributed by atoms with Crippen molar-refractivity contribution in [1.82, 2.24) is 4.31 Å². The van der Waals surface area contributed by atoms with E-state index >= 15 is 0 Å². The topological polar surface area (TPSA) is 64.4 Å². The summed E-state index contributed by atoms with van der Waals surface area (Å²) in [6, 6.07) is 14.7. The van der Waals surface area contributed by atoms with E-state index in [0.29, 0.717) is 26.2 Å². The van der Waals surface area contributed by atoms with Crippen LogP contribution in [0.1, 0.15) is 16.7 Å². The van der Waals surface area contributed by atoms with Crippen molar-refractivity contribution in [1.29, 1.82) is 5.26 Å². The molecular formula is C19H21N3O2S. The molecule has 2 aromatic carbocycles. The molecule has 0 saturated carbocycles. The lowest BCUT2D eigenvalue weighted by molar-refractivity contribution is 0.384. The fourth-order valence-electron chi connectivity index (χ4n) is 3.25. The average molecular weight is 355 g/mol. The number of rotatable bonds is 3. The third kappa shape index (κ3) is 3.39. The van der Waals surface area contributed by atoms with Crippen molar-refractivity contribution in [3.05, 3.63) is 59.2 Å². The van der Waals surface area contributed by atoms with E-state index in [1.54, 1.807) is 18.2 Å². The summed E-state index contributed by atoms with van der Waals surface area (Å²) in [6.07, 6.45) is 0. The van der Waals surface area contributed by atoms with Crippen LogP contribution in [0.3, 0.4) is 0 Å². The van der Waals surface area contributed by atoms with Crippen molar-refractivity contribution in [3.8, 4) is 6.07 Å². The second-order valence-electron chi connectivity index (χ2n) is 6.29. The summed E-state index contributed by atoms with van der Waals surface area (Å²) in [4.78, 5) is 2.31. The SMILES string of the molecule is Cc1ccc(N2CCN(S(=O)(=O)c3ccccc3C#N)CC2)c(C)c1. The highest BCUT2D eigenvalue weighted by Crippen LogP contribution is 2.25. The summed E-state index contributed by atoms with van der Waals surface area (Å²) in [7, 11) is -3.64. The predicted octanol–water partition coefficient (Wildman–Crippen LogP) is 2.69. The summed E-state index contributed by atoms with van der Waals surface area (Å²) in [5.41, 5.74) is 3.76. The summed E-state index contributed by atoms with van der Waals surface area (Å²) < 4.78 is 27.2. The van der Waals surface area contributed by atoms with Crippen LogP contribution < -0.4 is 4.90 Å². The first kappa shape index (κ1) is 17.5. The Labute approximate surface area is 149 Å². The van der Waals surface area contributed by atoms with Crippen molar-refractivity contribution in [2.75, 3.05) is 31.1 Å². The quantitative estimate of drug-likeness (QED) is 0.849. The van der Waals surface area contributed by atoms with E-state index < -0.39 is 10.0 Å². The number of nitrogens with zero attached hydrogens (tertiary/aromatic N) is 3. The molecule has 6 heteroatoms. The molecule has 130 valence electrons. The molecule has 5 nitrogen and oxygen atoms in total. The number of hydrogen-bond acceptors (Lipinski definition) is 4. The molecular weight excluding hydrogens is 334 g/mol. The molecule has 25 heavy (non-hydrogen) atoms. The van der Waals surface area contributed by atoms with Crippen LogP contribution in [0.5, 0.6) is 0 Å². The molecule has 0 radical (unpaired) electrons. The molecule has 0 aromatic heterocycles. The van der Waals surface area contributed by atoms with E-state index in [2.05, 4.69) is 36.9 Å². The molecule has 0 bridgehead atoms. The van der Waals surface area contributed by atoms with Crippen molar-refractivity contribution in [2.45, 2.75) is 18.7 Å². The maximum absolute atomic E-state index is 12.9. The van der Waals surface area contributed by atoms with Crippen LogP contribution in [0.2, 0.25) is 0 Å². The van der Waals surface area contributed by atoms with Crippen LogP contribution >= 0.6 is 0 Å². The van der Waals surface area contributed by atoms with Gasteiger partial charge in [-0.05, 0) is 37.6 Å². The molecule has 1 aliphatic heterocycles. The molecule has 1 aliphatic rings. The smallest absolute Gasteiger partial charge is 0.244 e. The van der Waals surface area contributed by atoms with Gasteiger partial charge in [0.2, 0.25) is 10.0 Å². The maximum Gasteiger partial charge on any atom is 0.244 e. The zero-order chi connectivity index (χ0) is 18.0. The van der Waals surface area contributed by atoms with E-state index in [1.807, 2.05) is 6.07 Å². The molecule has 0 unspecified atom stereocenters. The summed E-state index contributed by atoms with van der Waals surface area (Å²) in [5.74, 6) is 0. The Morgan fingerprint density at radius 2 is 1.68 bits per heavy atom. The van der Waals surface area contributed by atoms with Gasteiger partial charge >= 0.3 is 0 Å². The summed E-state index contributed by atoms with van der Waals surface area (Å²) >= 11 is 0. The molecule has 2 aromatic rings. The van der Waals surface area contributed by atoms with Gasteiger partial charge < -0.3 is 4.90 Å². The highest BCUT2D eigenvalue weighted by molar-refractivity contribution is 7.89. The van der Waals surface area contributed by atoms with Crippen LogP contribution in [-0.4, -0.2) is 38.9 Å². The monoisotopic (exact) mass is 355 g/mol. The van der Waals surface area contributed by atoms with Gasteiger partial charge in [-0.2, -0.15) is 9.57 Å². The lowest BCUT2D eigenvalue weighted by Gasteiger charge is -2.36. The number of piperazine rings is 1. The zero-order valence-corrected chi connectivity index (χ0v) is 15.3. The highest BCUT2D eigenvalue weighted by atomic mass is 32.2. The number of sulfonamides is 1. The normalized spacial score (nSPS) is 15.8. The van der Waals surface area contributed by atoms with Crippen LogP contribution in [0.25, 0.3) is 0 Å². The molecule has 0 atom stereocenters. The zero-order valence-electron chi connectivity index (χ0n) is 14.4. The van der Waals surface area contributed by atoms with Crippen LogP contribution in [0, 0.1) is 25.2 Å². The van der Waals surface area contributed by atoms with E-state index in [4.69, 9.17) is 0 Å². The number of hydrogen-bond donors (Lipinski definition) is 0. The Balaban J connectivity index is 1.79. The molecule has 0 amide bonds. The van der Waals surface area contributed by atoms with E-state index in [9.17, 15) is 13.7 Å². The summed E-state index contributed by atoms with van der Waals surface area (Å²) in [5, 5.41) is 9.18. The Kier molecular flexibility index (Phi) is 4.80. The van der Waals surface area contributed by atoms with E-state index in [0.717, 1.165) is 5.69 Å². The number of anilines is 1. The molecule has 0 aliphatic carbocycles. The van der Waals surface area contributed by atoms with Gasteiger partial charge in [-0.1, -0.05) is 29.8 Å². The fraction of sp³-hybridized carbons (Fsp3) is 0.316. The minimum atomic E-state index is -3.64. The molecule has 1 heterocycles. The van der Waals surface area contributed by atoms with Crippen molar-refractivity contribution in [3.63, 3.8) is 0 Å². The Morgan fingerprint density at radius 1 is 1.00 bits per heavy atom. The minimum Gasteiger partial charge on any atom is -0.369 e. The molecule has 1 saturated heterocycles. The Bertz CT molecular complexity index is 924. The second kappa shape index (κ2) is 6.87. The molecule has 3 rings (SSSR count). The van der Waals surface area contributed by atoms with Gasteiger partial charge in [0.25, 0.3) is 0 Å². The number of aryl methyl sites for hydroxylation is 2. The predicted molar refractivity (Wildman–Crippen MR) is 98.0 cm³/mol. The third-order valence-corrected chi connectivity index (χ3v) is 6.51. The first-order valence-corrected chi connectivity index (χ1v) is 9.69. The highest BCUT2D eigenvalue weighted by Gasteiger charge is 2.30. The fourth-order valence-corrected chi connectivity index (χ4v) is 4.82. The second-order valence-corrected chi connectivity index (χ2v) is 8.20. The van der Waals surface area contributed by atoms with Crippen molar-refractivity contribution < 1.29 is 8.42 Å². The van der Waals surface area contributed by atoms with Gasteiger partial charge in [0, 0.05) is 31.9 Å². The van der Waals surface area contributed by atoms with Crippen LogP contribution in [0.15, 0.2) is 47.4 Å². The first-order valence-electron chi connectivity index (χ1n) is 8.25. The van der Waals surface area contributed by atoms with Gasteiger partial charge in [-0.15, -0.1) is 0 Å². The lowest BCUT2D eigenvalue weighted by atomic mass is 10.1. The van der Waals surface area contributed by atoms with Crippen molar-refractivity contribution in [2.24, 2.45) is 0 Å². The third-order valence-electron chi connectivity index (χ3n) is 4.56. The van der Waals surface area contributed by atoms with Gasteiger partial charge in [-0.25, -0.2) is 8.42 Å². The van der Waals surface area contributed by atoms with Crippen LogP contribution in [-0.2, 0) is 10.0 Å². The largest absolute Gasteiger partial charge is 0.369 e. The van der Waals surface area contributed by atoms with E-state index in [-0.39, 0.29) is 10.5 Å². The lowest BCUT2D eigenvalue weighted by Crippen LogP contribution is -2.49. The Morgan fingerprint density at radius 3 is 2.32 bits per heavy atom. The first-order chi connectivity index (χ1) is 11.9. The molecule has 1 fully saturated rings. The van der Waals surface area contributed by atoms with Crippen molar-refractivity contribution >= 4 is 15.7 Å². The minimum absolute atomic E-state index is 0.0949. The van der Waals surface area contributed by atoms with E-state index in [1.165, 1.54) is 21.5 Å². The standard InChI is InChI=1S/C19H21N3O2S/c1-15-7-8-18(16(2)13-15)21-9-11-22(12-10-21)25(23,24)19-6-4-3-5-17(19)14-20/h3-8,13H,9-12H2,1-2H3. The van der Waals surface area contributed by atoms with Crippen LogP contribution in [0.4, 0.5) is 5.69 Å². The van der Waals surface area contributed by atoms with Gasteiger partial charge in [0.15, 0.2) is 0 Å². The average Bonchev–Trinajstić information content (AvgIpc) is 2.62.